The summed E-state index contributed by atoms with van der Waals surface area (Å²) in [6, 6.07) is 3.22. The molecule has 18 heavy (non-hydrogen) atoms. The van der Waals surface area contributed by atoms with Crippen molar-refractivity contribution in [2.24, 2.45) is 0 Å². The van der Waals surface area contributed by atoms with Crippen molar-refractivity contribution in [2.75, 3.05) is 18.8 Å². The molecule has 1 aliphatic heterocycles. The molecule has 0 bridgehead atoms. The molecule has 1 heterocycles. The smallest absolute Gasteiger partial charge is 0.243 e. The van der Waals surface area contributed by atoms with Crippen LogP contribution in [0.1, 0.15) is 12.8 Å². The Morgan fingerprint density at radius 1 is 1.39 bits per heavy atom. The van der Waals surface area contributed by atoms with Crippen molar-refractivity contribution in [3.63, 3.8) is 0 Å². The second kappa shape index (κ2) is 4.83. The third-order valence-corrected chi connectivity index (χ3v) is 4.73. The Morgan fingerprint density at radius 3 is 2.72 bits per heavy atom. The largest absolute Gasteiger partial charge is 0.399 e. The molecule has 2 rings (SSSR count). The van der Waals surface area contributed by atoms with Gasteiger partial charge < -0.3 is 10.8 Å². The lowest BCUT2D eigenvalue weighted by molar-refractivity contribution is 0.108. The molecule has 0 saturated carbocycles. The summed E-state index contributed by atoms with van der Waals surface area (Å²) < 4.78 is 38.8. The summed E-state index contributed by atoms with van der Waals surface area (Å²) in [4.78, 5) is -0.172. The van der Waals surface area contributed by atoms with Gasteiger partial charge in [-0.15, -0.1) is 0 Å². The van der Waals surface area contributed by atoms with E-state index >= 15 is 0 Å². The summed E-state index contributed by atoms with van der Waals surface area (Å²) in [6.45, 7) is 0.370. The van der Waals surface area contributed by atoms with Gasteiger partial charge in [0.25, 0.3) is 0 Å². The Morgan fingerprint density at radius 2 is 2.11 bits per heavy atom. The van der Waals surface area contributed by atoms with E-state index in [4.69, 9.17) is 5.73 Å². The van der Waals surface area contributed by atoms with E-state index in [1.165, 1.54) is 6.07 Å². The maximum Gasteiger partial charge on any atom is 0.243 e. The van der Waals surface area contributed by atoms with E-state index < -0.39 is 21.9 Å². The quantitative estimate of drug-likeness (QED) is 0.772. The first kappa shape index (κ1) is 13.3. The van der Waals surface area contributed by atoms with E-state index in [0.29, 0.717) is 19.4 Å². The topological polar surface area (TPSA) is 83.6 Å². The number of hydrogen-bond acceptors (Lipinski definition) is 4. The molecule has 1 aromatic carbocycles. The van der Waals surface area contributed by atoms with E-state index in [2.05, 4.69) is 0 Å². The normalized spacial score (nSPS) is 22.0. The highest BCUT2D eigenvalue weighted by atomic mass is 32.2. The van der Waals surface area contributed by atoms with Crippen molar-refractivity contribution >= 4 is 15.7 Å². The molecular weight excluding hydrogens is 259 g/mol. The molecule has 1 aliphatic rings. The molecule has 1 saturated heterocycles. The van der Waals surface area contributed by atoms with Gasteiger partial charge in [0.05, 0.1) is 11.0 Å². The number of aliphatic hydroxyl groups excluding tert-OH is 1. The fourth-order valence-electron chi connectivity index (χ4n) is 2.02. The van der Waals surface area contributed by atoms with Crippen LogP contribution in [-0.4, -0.2) is 37.0 Å². The van der Waals surface area contributed by atoms with Crippen LogP contribution in [0, 0.1) is 5.82 Å². The number of sulfonamides is 1. The van der Waals surface area contributed by atoms with Crippen LogP contribution in [-0.2, 0) is 10.0 Å². The molecule has 100 valence electrons. The van der Waals surface area contributed by atoms with Crippen molar-refractivity contribution in [3.05, 3.63) is 24.0 Å². The van der Waals surface area contributed by atoms with Gasteiger partial charge in [-0.1, -0.05) is 0 Å². The standard InChI is InChI=1S/C11H15FN2O3S/c12-8-4-9(13)6-11(5-8)18(16,17)14-3-1-2-10(15)7-14/h4-6,10,15H,1-3,7,13H2. The lowest BCUT2D eigenvalue weighted by Crippen LogP contribution is -2.42. The van der Waals surface area contributed by atoms with Gasteiger partial charge in [-0.25, -0.2) is 12.8 Å². The number of rotatable bonds is 2. The van der Waals surface area contributed by atoms with Crippen molar-refractivity contribution in [1.82, 2.24) is 4.31 Å². The van der Waals surface area contributed by atoms with Gasteiger partial charge >= 0.3 is 0 Å². The number of halogens is 1. The average Bonchev–Trinajstić information content (AvgIpc) is 2.27. The van der Waals surface area contributed by atoms with Crippen LogP contribution < -0.4 is 5.73 Å². The van der Waals surface area contributed by atoms with Crippen molar-refractivity contribution < 1.29 is 17.9 Å². The molecule has 1 aromatic rings. The van der Waals surface area contributed by atoms with Crippen LogP contribution >= 0.6 is 0 Å². The van der Waals surface area contributed by atoms with E-state index in [9.17, 15) is 17.9 Å². The van der Waals surface area contributed by atoms with E-state index in [0.717, 1.165) is 16.4 Å². The monoisotopic (exact) mass is 274 g/mol. The summed E-state index contributed by atoms with van der Waals surface area (Å²) in [6.07, 6.45) is 0.502. The maximum atomic E-state index is 13.2. The summed E-state index contributed by atoms with van der Waals surface area (Å²) in [5.41, 5.74) is 5.50. The van der Waals surface area contributed by atoms with Crippen LogP contribution in [0.25, 0.3) is 0 Å². The molecule has 0 aliphatic carbocycles. The van der Waals surface area contributed by atoms with Gasteiger partial charge in [0, 0.05) is 18.8 Å². The minimum atomic E-state index is -3.79. The summed E-state index contributed by atoms with van der Waals surface area (Å²) in [7, 11) is -3.79. The van der Waals surface area contributed by atoms with Gasteiger partial charge in [0.1, 0.15) is 5.82 Å². The van der Waals surface area contributed by atoms with Crippen LogP contribution in [0.3, 0.4) is 0 Å². The first-order valence-corrected chi connectivity index (χ1v) is 7.08. The molecule has 0 radical (unpaired) electrons. The Balaban J connectivity index is 2.35. The Bertz CT molecular complexity index is 527. The van der Waals surface area contributed by atoms with Gasteiger partial charge in [-0.3, -0.25) is 0 Å². The van der Waals surface area contributed by atoms with Crippen LogP contribution in [0.2, 0.25) is 0 Å². The number of benzene rings is 1. The first-order chi connectivity index (χ1) is 8.39. The Labute approximate surface area is 105 Å². The zero-order valence-corrected chi connectivity index (χ0v) is 10.5. The van der Waals surface area contributed by atoms with Crippen molar-refractivity contribution in [2.45, 2.75) is 23.8 Å². The second-order valence-corrected chi connectivity index (χ2v) is 6.32. The zero-order valence-electron chi connectivity index (χ0n) is 9.71. The second-order valence-electron chi connectivity index (χ2n) is 4.38. The predicted octanol–water partition coefficient (Wildman–Crippen LogP) is 0.553. The molecule has 1 unspecified atom stereocenters. The molecular formula is C11H15FN2O3S. The highest BCUT2D eigenvalue weighted by Crippen LogP contribution is 2.23. The number of piperidine rings is 1. The highest BCUT2D eigenvalue weighted by Gasteiger charge is 2.29. The number of β-amino-alcohol motifs (C(OH)–C–C–N with tert-alkyl or cyclic N) is 1. The highest BCUT2D eigenvalue weighted by molar-refractivity contribution is 7.89. The summed E-state index contributed by atoms with van der Waals surface area (Å²) >= 11 is 0. The Hall–Kier alpha value is -1.18. The van der Waals surface area contributed by atoms with Gasteiger partial charge in [0.15, 0.2) is 0 Å². The average molecular weight is 274 g/mol. The minimum Gasteiger partial charge on any atom is -0.399 e. The lowest BCUT2D eigenvalue weighted by atomic mass is 10.1. The fourth-order valence-corrected chi connectivity index (χ4v) is 3.60. The van der Waals surface area contributed by atoms with E-state index in [-0.39, 0.29) is 17.1 Å². The third kappa shape index (κ3) is 2.63. The van der Waals surface area contributed by atoms with Crippen LogP contribution in [0.4, 0.5) is 10.1 Å². The third-order valence-electron chi connectivity index (χ3n) is 2.89. The molecule has 1 atom stereocenters. The van der Waals surface area contributed by atoms with Crippen LogP contribution in [0.5, 0.6) is 0 Å². The summed E-state index contributed by atoms with van der Waals surface area (Å²) in [5.74, 6) is -0.689. The molecule has 1 fully saturated rings. The maximum absolute atomic E-state index is 13.2. The van der Waals surface area contributed by atoms with Crippen molar-refractivity contribution in [3.8, 4) is 0 Å². The van der Waals surface area contributed by atoms with Gasteiger partial charge in [-0.05, 0) is 31.0 Å². The molecule has 0 spiro atoms. The molecule has 7 heteroatoms. The molecule has 0 amide bonds. The fraction of sp³-hybridized carbons (Fsp3) is 0.455. The number of nitrogens with zero attached hydrogens (tertiary/aromatic N) is 1. The van der Waals surface area contributed by atoms with E-state index in [1.54, 1.807) is 0 Å². The molecule has 3 N–H and O–H groups in total. The number of aliphatic hydroxyl groups is 1. The van der Waals surface area contributed by atoms with E-state index in [1.807, 2.05) is 0 Å². The number of anilines is 1. The number of hydrogen-bond donors (Lipinski definition) is 2. The Kier molecular flexibility index (Phi) is 3.56. The molecule has 5 nitrogen and oxygen atoms in total. The predicted molar refractivity (Wildman–Crippen MR) is 64.8 cm³/mol. The van der Waals surface area contributed by atoms with Gasteiger partial charge in [-0.2, -0.15) is 4.31 Å². The zero-order chi connectivity index (χ0) is 13.3. The number of nitrogen functional groups attached to an aromatic ring is 1. The first-order valence-electron chi connectivity index (χ1n) is 5.64. The SMILES string of the molecule is Nc1cc(F)cc(S(=O)(=O)N2CCCC(O)C2)c1. The van der Waals surface area contributed by atoms with Gasteiger partial charge in [0.2, 0.25) is 10.0 Å². The van der Waals surface area contributed by atoms with Crippen molar-refractivity contribution in [1.29, 1.82) is 0 Å². The number of nitrogens with two attached hydrogens (primary N) is 1. The molecule has 0 aromatic heterocycles. The minimum absolute atomic E-state index is 0.0404. The van der Waals surface area contributed by atoms with Crippen LogP contribution in [0.15, 0.2) is 23.1 Å². The lowest BCUT2D eigenvalue weighted by Gasteiger charge is -2.29. The summed E-state index contributed by atoms with van der Waals surface area (Å²) in [5, 5.41) is 9.49.